The maximum absolute atomic E-state index is 15.1. The van der Waals surface area contributed by atoms with E-state index in [1.165, 1.54) is 14.7 Å². The zero-order chi connectivity index (χ0) is 42.0. The Bertz CT molecular complexity index is 2940. The first kappa shape index (κ1) is 39.4. The van der Waals surface area contributed by atoms with Crippen molar-refractivity contribution in [1.82, 2.24) is 38.2 Å². The van der Waals surface area contributed by atoms with E-state index in [2.05, 4.69) is 27.9 Å². The number of hydrogen-bond donors (Lipinski definition) is 1. The molecule has 13 nitrogen and oxygen atoms in total. The van der Waals surface area contributed by atoms with Crippen LogP contribution in [0, 0.1) is 24.4 Å². The predicted molar refractivity (Wildman–Crippen MR) is 228 cm³/mol. The number of nitrogens with zero attached hydrogens (tertiary/aromatic N) is 8. The van der Waals surface area contributed by atoms with Crippen LogP contribution in [0.15, 0.2) is 95.0 Å². The van der Waals surface area contributed by atoms with Gasteiger partial charge >= 0.3 is 5.69 Å². The standard InChI is InChI=1S/C45H48FN9O4S/c1-6-60(47,58)37-10-8-34(9-11-37)52-19-20-53(45(52)57)43-41-30(4)51(18-14-38(41)49-55(43)36-23-28(2)42(46)29(3)24-36)44(56)40-26-33-25-32(31-15-21-59-22-16-31)7-12-39(33)54(40)27-35-13-17-48-50(35)5/h7-13,17,19-20,23-26,30-31,47H,6,14-16,18,21-22,27H2,1-5H3/t30-,60+/m0/s1. The number of ether oxygens (including phenoxy) is 1. The quantitative estimate of drug-likeness (QED) is 0.161. The van der Waals surface area contributed by atoms with E-state index >= 15 is 9.18 Å². The summed E-state index contributed by atoms with van der Waals surface area (Å²) >= 11 is 0. The molecule has 0 radical (unpaired) electrons. The number of carbonyl (C=O) groups is 1. The van der Waals surface area contributed by atoms with Crippen molar-refractivity contribution in [2.75, 3.05) is 25.5 Å². The molecule has 15 heteroatoms. The molecule has 0 spiro atoms. The number of imidazole rings is 1. The molecule has 1 amide bonds. The van der Waals surface area contributed by atoms with Gasteiger partial charge in [0, 0.05) is 78.9 Å². The minimum atomic E-state index is -2.94. The molecule has 1 fully saturated rings. The van der Waals surface area contributed by atoms with Gasteiger partial charge in [0.15, 0.2) is 0 Å². The molecule has 1 N–H and O–H groups in total. The summed E-state index contributed by atoms with van der Waals surface area (Å²) in [7, 11) is -1.04. The first-order valence-electron chi connectivity index (χ1n) is 20.4. The minimum Gasteiger partial charge on any atom is -0.381 e. The Balaban J connectivity index is 1.15. The van der Waals surface area contributed by atoms with Gasteiger partial charge in [0.2, 0.25) is 0 Å². The molecule has 60 heavy (non-hydrogen) atoms. The van der Waals surface area contributed by atoms with E-state index < -0.39 is 21.5 Å². The Morgan fingerprint density at radius 1 is 0.967 bits per heavy atom. The van der Waals surface area contributed by atoms with Crippen LogP contribution in [0.4, 0.5) is 4.39 Å². The molecule has 1 saturated heterocycles. The molecule has 0 saturated carbocycles. The van der Waals surface area contributed by atoms with Crippen molar-refractivity contribution in [2.45, 2.75) is 70.4 Å². The maximum Gasteiger partial charge on any atom is 0.338 e. The molecule has 0 aliphatic carbocycles. The highest BCUT2D eigenvalue weighted by Gasteiger charge is 2.37. The maximum atomic E-state index is 15.1. The fraction of sp³-hybridized carbons (Fsp3) is 0.333. The Hall–Kier alpha value is -6.06. The van der Waals surface area contributed by atoms with E-state index in [0.717, 1.165) is 53.9 Å². The number of amides is 1. The highest BCUT2D eigenvalue weighted by atomic mass is 32.2. The molecule has 0 unspecified atom stereocenters. The number of aromatic nitrogens is 7. The molecule has 6 heterocycles. The van der Waals surface area contributed by atoms with Crippen molar-refractivity contribution in [1.29, 1.82) is 4.78 Å². The molecule has 2 aliphatic rings. The molecule has 310 valence electrons. The zero-order valence-electron chi connectivity index (χ0n) is 34.4. The highest BCUT2D eigenvalue weighted by Crippen LogP contribution is 2.38. The summed E-state index contributed by atoms with van der Waals surface area (Å²) in [5, 5.41) is 10.5. The van der Waals surface area contributed by atoms with Gasteiger partial charge in [-0.25, -0.2) is 22.9 Å². The summed E-state index contributed by atoms with van der Waals surface area (Å²) in [5.41, 5.74) is 6.78. The molecular formula is C45H48FN9O4S. The second kappa shape index (κ2) is 15.2. The van der Waals surface area contributed by atoms with E-state index in [1.54, 1.807) is 80.4 Å². The molecular weight excluding hydrogens is 782 g/mol. The molecule has 2 atom stereocenters. The second-order valence-electron chi connectivity index (χ2n) is 16.0. The number of nitrogens with one attached hydrogen (secondary N) is 1. The third-order valence-electron chi connectivity index (χ3n) is 12.4. The van der Waals surface area contributed by atoms with Crippen LogP contribution >= 0.6 is 0 Å². The Morgan fingerprint density at radius 2 is 1.68 bits per heavy atom. The Labute approximate surface area is 347 Å². The fourth-order valence-electron chi connectivity index (χ4n) is 8.90. The summed E-state index contributed by atoms with van der Waals surface area (Å²) in [4.78, 5) is 31.9. The van der Waals surface area contributed by atoms with Gasteiger partial charge in [0.25, 0.3) is 5.91 Å². The van der Waals surface area contributed by atoms with E-state index in [0.29, 0.717) is 64.3 Å². The highest BCUT2D eigenvalue weighted by molar-refractivity contribution is 7.92. The van der Waals surface area contributed by atoms with E-state index in [1.807, 2.05) is 35.7 Å². The van der Waals surface area contributed by atoms with Gasteiger partial charge in [-0.1, -0.05) is 13.0 Å². The molecule has 0 bridgehead atoms. The largest absolute Gasteiger partial charge is 0.381 e. The summed E-state index contributed by atoms with van der Waals surface area (Å²) in [6, 6.07) is 20.0. The normalized spacial score (nSPS) is 17.0. The number of rotatable bonds is 9. The zero-order valence-corrected chi connectivity index (χ0v) is 35.2. The monoisotopic (exact) mass is 829 g/mol. The number of halogens is 1. The molecule has 9 rings (SSSR count). The second-order valence-corrected chi connectivity index (χ2v) is 18.4. The summed E-state index contributed by atoms with van der Waals surface area (Å²) in [6.45, 7) is 9.40. The molecule has 4 aromatic heterocycles. The minimum absolute atomic E-state index is 0.144. The molecule has 2 aliphatic heterocycles. The van der Waals surface area contributed by atoms with Crippen LogP contribution in [0.3, 0.4) is 0 Å². The van der Waals surface area contributed by atoms with Crippen LogP contribution < -0.4 is 5.69 Å². The lowest BCUT2D eigenvalue weighted by atomic mass is 9.91. The van der Waals surface area contributed by atoms with Gasteiger partial charge in [-0.15, -0.1) is 0 Å². The van der Waals surface area contributed by atoms with Crippen molar-refractivity contribution < 1.29 is 18.1 Å². The average molecular weight is 830 g/mol. The molecule has 3 aromatic carbocycles. The van der Waals surface area contributed by atoms with Gasteiger partial charge < -0.3 is 14.2 Å². The lowest BCUT2D eigenvalue weighted by molar-refractivity contribution is 0.0667. The number of aryl methyl sites for hydroxylation is 3. The van der Waals surface area contributed by atoms with E-state index in [9.17, 15) is 9.00 Å². The summed E-state index contributed by atoms with van der Waals surface area (Å²) < 4.78 is 50.2. The van der Waals surface area contributed by atoms with Crippen LogP contribution in [0.25, 0.3) is 28.1 Å². The lowest BCUT2D eigenvalue weighted by Gasteiger charge is -2.34. The van der Waals surface area contributed by atoms with Crippen LogP contribution in [0.2, 0.25) is 0 Å². The topological polar surface area (TPSA) is 138 Å². The number of carbonyl (C=O) groups excluding carboxylic acids is 1. The fourth-order valence-corrected chi connectivity index (χ4v) is 9.81. The molecule has 7 aromatic rings. The SMILES string of the molecule is CC[S@@](=N)(=O)c1ccc(-n2ccn(-c3c4c(nn3-c3cc(C)c(F)c(C)c3)CCN(C(=O)c3cc5cc(C6CCOCC6)ccc5n3Cc3ccnn3C)[C@H]4C)c2=O)cc1. The lowest BCUT2D eigenvalue weighted by Crippen LogP contribution is -2.40. The number of fused-ring (bicyclic) bond motifs is 2. The first-order valence-corrected chi connectivity index (χ1v) is 22.1. The van der Waals surface area contributed by atoms with Crippen LogP contribution in [0.5, 0.6) is 0 Å². The van der Waals surface area contributed by atoms with Crippen LogP contribution in [0.1, 0.15) is 82.8 Å². The number of hydrogen-bond acceptors (Lipinski definition) is 7. The van der Waals surface area contributed by atoms with Crippen molar-refractivity contribution in [2.24, 2.45) is 7.05 Å². The van der Waals surface area contributed by atoms with Crippen LogP contribution in [-0.2, 0) is 34.5 Å². The Morgan fingerprint density at radius 3 is 2.37 bits per heavy atom. The smallest absolute Gasteiger partial charge is 0.338 e. The van der Waals surface area contributed by atoms with Crippen molar-refractivity contribution in [3.8, 4) is 17.2 Å². The first-order chi connectivity index (χ1) is 28.8. The van der Waals surface area contributed by atoms with Gasteiger partial charge in [0.1, 0.15) is 17.3 Å². The van der Waals surface area contributed by atoms with Crippen molar-refractivity contribution in [3.63, 3.8) is 0 Å². The van der Waals surface area contributed by atoms with Crippen molar-refractivity contribution in [3.05, 3.63) is 141 Å². The third-order valence-corrected chi connectivity index (χ3v) is 14.2. The average Bonchev–Trinajstić information content (AvgIpc) is 4.04. The van der Waals surface area contributed by atoms with Crippen LogP contribution in [-0.4, -0.2) is 73.8 Å². The number of benzene rings is 3. The summed E-state index contributed by atoms with van der Waals surface area (Å²) in [5.74, 6) is 0.580. The van der Waals surface area contributed by atoms with E-state index in [-0.39, 0.29) is 17.5 Å². The van der Waals surface area contributed by atoms with Gasteiger partial charge in [-0.05, 0) is 117 Å². The third kappa shape index (κ3) is 6.69. The summed E-state index contributed by atoms with van der Waals surface area (Å²) in [6.07, 6.45) is 7.43. The van der Waals surface area contributed by atoms with Crippen molar-refractivity contribution >= 4 is 26.5 Å². The Kier molecular flexibility index (Phi) is 9.98. The van der Waals surface area contributed by atoms with Gasteiger partial charge in [0.05, 0.1) is 45.1 Å². The van der Waals surface area contributed by atoms with Gasteiger partial charge in [-0.2, -0.15) is 10.2 Å². The predicted octanol–water partition coefficient (Wildman–Crippen LogP) is 7.39. The van der Waals surface area contributed by atoms with Gasteiger partial charge in [-0.3, -0.25) is 18.6 Å². The van der Waals surface area contributed by atoms with E-state index in [4.69, 9.17) is 14.6 Å².